The van der Waals surface area contributed by atoms with Crippen molar-refractivity contribution in [3.05, 3.63) is 117 Å². The Kier molecular flexibility index (Phi) is 6.34. The summed E-state index contributed by atoms with van der Waals surface area (Å²) in [4.78, 5) is 10.2. The zero-order chi connectivity index (χ0) is 25.0. The molecular weight excluding hydrogens is 599 g/mol. The van der Waals surface area contributed by atoms with E-state index in [1.165, 1.54) is 78.2 Å². The minimum absolute atomic E-state index is 0. The molecule has 5 heteroatoms. The number of para-hydroxylation sites is 2. The summed E-state index contributed by atoms with van der Waals surface area (Å²) in [7, 11) is 0. The van der Waals surface area contributed by atoms with Crippen molar-refractivity contribution in [1.82, 2.24) is 0 Å². The number of aliphatic imine (C=N–C) groups is 2. The Morgan fingerprint density at radius 2 is 0.923 bits per heavy atom. The molecule has 4 aromatic rings. The molecule has 2 heterocycles. The van der Waals surface area contributed by atoms with Gasteiger partial charge in [0.1, 0.15) is 0 Å². The molecule has 0 aromatic heterocycles. The van der Waals surface area contributed by atoms with Gasteiger partial charge in [0.05, 0.1) is 0 Å². The molecule has 0 spiro atoms. The molecule has 0 unspecified atom stereocenters. The monoisotopic (exact) mass is 620 g/mol. The SMILES string of the molecule is CC1=C2C(=Nc3ccccc32)c2cc(C)c[c]([Zr+2][c]3cc(C)cc4c3C(C)=C3C4=Nc4ccccc43)c21.[Cl-].[Cl-]. The molecule has 0 radical (unpaired) electrons. The van der Waals surface area contributed by atoms with Crippen molar-refractivity contribution in [3.8, 4) is 0 Å². The molecule has 0 amide bonds. The molecule has 2 aliphatic carbocycles. The first-order chi connectivity index (χ1) is 18.0. The van der Waals surface area contributed by atoms with Gasteiger partial charge in [0.25, 0.3) is 0 Å². The summed E-state index contributed by atoms with van der Waals surface area (Å²) >= 11 is -1.14. The summed E-state index contributed by atoms with van der Waals surface area (Å²) < 4.78 is 3.12. The standard InChI is InChI=1S/2C17H12N.2ClH.Zr/c2*1-10-7-8-12-11(2)16-13-5-3-4-6-15(13)18-17(16)14(12)9-10;;;/h2*3-7,9H,1-2H3;2*1H;/q;;;;+2/p-2. The van der Waals surface area contributed by atoms with E-state index in [0.717, 1.165) is 11.4 Å². The normalized spacial score (nSPS) is 14.8. The van der Waals surface area contributed by atoms with Crippen LogP contribution in [0.25, 0.3) is 22.3 Å². The van der Waals surface area contributed by atoms with Gasteiger partial charge in [0, 0.05) is 0 Å². The Bertz CT molecular complexity index is 1750. The fourth-order valence-electron chi connectivity index (χ4n) is 6.67. The van der Waals surface area contributed by atoms with Crippen LogP contribution < -0.4 is 31.4 Å². The minimum Gasteiger partial charge on any atom is -1.00 e. The van der Waals surface area contributed by atoms with Crippen molar-refractivity contribution in [2.24, 2.45) is 9.98 Å². The second-order valence-corrected chi connectivity index (χ2v) is 13.8. The Morgan fingerprint density at radius 3 is 1.36 bits per heavy atom. The van der Waals surface area contributed by atoms with E-state index in [2.05, 4.69) is 100 Å². The van der Waals surface area contributed by atoms with Gasteiger partial charge in [0.2, 0.25) is 0 Å². The third-order valence-corrected chi connectivity index (χ3v) is 11.4. The van der Waals surface area contributed by atoms with E-state index >= 15 is 0 Å². The Hall–Kier alpha value is -2.84. The van der Waals surface area contributed by atoms with Crippen LogP contribution in [0.5, 0.6) is 0 Å². The van der Waals surface area contributed by atoms with E-state index in [1.54, 1.807) is 6.54 Å². The molecule has 0 saturated heterocycles. The molecule has 0 bridgehead atoms. The Balaban J connectivity index is 0.00000138. The molecular formula is C34H24Cl2N2Zr. The summed E-state index contributed by atoms with van der Waals surface area (Å²) in [6, 6.07) is 26.8. The van der Waals surface area contributed by atoms with Crippen molar-refractivity contribution >= 4 is 51.6 Å². The largest absolute Gasteiger partial charge is 1.00 e. The number of aryl methyl sites for hydroxylation is 2. The first kappa shape index (κ1) is 26.4. The number of allylic oxidation sites excluding steroid dienone is 4. The van der Waals surface area contributed by atoms with E-state index in [0.29, 0.717) is 0 Å². The molecule has 8 rings (SSSR count). The Morgan fingerprint density at radius 1 is 0.513 bits per heavy atom. The van der Waals surface area contributed by atoms with Gasteiger partial charge in [-0.1, -0.05) is 0 Å². The molecule has 2 nitrogen and oxygen atoms in total. The second-order valence-electron chi connectivity index (χ2n) is 10.6. The summed E-state index contributed by atoms with van der Waals surface area (Å²) in [6.07, 6.45) is 0. The van der Waals surface area contributed by atoms with Crippen molar-refractivity contribution in [1.29, 1.82) is 0 Å². The van der Waals surface area contributed by atoms with Crippen LogP contribution in [0, 0.1) is 13.8 Å². The molecule has 188 valence electrons. The molecule has 0 saturated carbocycles. The number of halogens is 2. The maximum Gasteiger partial charge on any atom is -1.00 e. The molecule has 0 N–H and O–H groups in total. The molecule has 4 aliphatic rings. The van der Waals surface area contributed by atoms with Crippen LogP contribution in [0.2, 0.25) is 0 Å². The Labute approximate surface area is 253 Å². The zero-order valence-electron chi connectivity index (χ0n) is 22.1. The fourth-order valence-corrected chi connectivity index (χ4v) is 11.1. The van der Waals surface area contributed by atoms with Gasteiger partial charge in [-0.2, -0.15) is 0 Å². The summed E-state index contributed by atoms with van der Waals surface area (Å²) in [5, 5.41) is 0. The number of rotatable bonds is 2. The summed E-state index contributed by atoms with van der Waals surface area (Å²) in [5.74, 6) is 0. The van der Waals surface area contributed by atoms with Crippen LogP contribution in [-0.2, 0) is 23.2 Å². The second kappa shape index (κ2) is 9.37. The quantitative estimate of drug-likeness (QED) is 0.320. The number of fused-ring (bicyclic) bond motifs is 10. The smallest absolute Gasteiger partial charge is 1.00 e. The average Bonchev–Trinajstić information content (AvgIpc) is 3.59. The van der Waals surface area contributed by atoms with E-state index in [4.69, 9.17) is 9.98 Å². The number of nitrogens with zero attached hydrogens (tertiary/aromatic N) is 2. The van der Waals surface area contributed by atoms with Crippen LogP contribution in [0.4, 0.5) is 11.4 Å². The third-order valence-electron chi connectivity index (χ3n) is 8.13. The van der Waals surface area contributed by atoms with Gasteiger partial charge < -0.3 is 24.8 Å². The fraction of sp³-hybridized carbons (Fsp3) is 0.118. The van der Waals surface area contributed by atoms with E-state index in [-0.39, 0.29) is 24.8 Å². The third kappa shape index (κ3) is 3.63. The maximum atomic E-state index is 5.09. The molecule has 39 heavy (non-hydrogen) atoms. The van der Waals surface area contributed by atoms with Crippen LogP contribution >= 0.6 is 0 Å². The van der Waals surface area contributed by atoms with Crippen molar-refractivity contribution < 1.29 is 48.0 Å². The van der Waals surface area contributed by atoms with Crippen LogP contribution in [-0.4, -0.2) is 11.4 Å². The molecule has 0 fully saturated rings. The molecule has 2 aliphatic heterocycles. The van der Waals surface area contributed by atoms with E-state index in [9.17, 15) is 0 Å². The minimum atomic E-state index is -1.14. The topological polar surface area (TPSA) is 24.7 Å². The molecule has 0 atom stereocenters. The van der Waals surface area contributed by atoms with Crippen LogP contribution in [0.3, 0.4) is 0 Å². The van der Waals surface area contributed by atoms with Crippen molar-refractivity contribution in [2.75, 3.05) is 0 Å². The van der Waals surface area contributed by atoms with Crippen LogP contribution in [0.1, 0.15) is 58.4 Å². The van der Waals surface area contributed by atoms with Gasteiger partial charge in [0.15, 0.2) is 0 Å². The first-order valence-corrected chi connectivity index (χ1v) is 15.3. The van der Waals surface area contributed by atoms with E-state index in [1.807, 2.05) is 0 Å². The average molecular weight is 623 g/mol. The van der Waals surface area contributed by atoms with Crippen molar-refractivity contribution in [2.45, 2.75) is 27.7 Å². The van der Waals surface area contributed by atoms with Crippen molar-refractivity contribution in [3.63, 3.8) is 0 Å². The van der Waals surface area contributed by atoms with Gasteiger partial charge in [-0.25, -0.2) is 0 Å². The first-order valence-electron chi connectivity index (χ1n) is 12.9. The maximum absolute atomic E-state index is 5.09. The zero-order valence-corrected chi connectivity index (χ0v) is 26.0. The summed E-state index contributed by atoms with van der Waals surface area (Å²) in [5.41, 5.74) is 20.8. The van der Waals surface area contributed by atoms with E-state index < -0.39 is 23.2 Å². The molecule has 4 aromatic carbocycles. The predicted molar refractivity (Wildman–Crippen MR) is 152 cm³/mol. The van der Waals surface area contributed by atoms with Crippen LogP contribution in [0.15, 0.2) is 82.8 Å². The van der Waals surface area contributed by atoms with Gasteiger partial charge in [-0.3, -0.25) is 0 Å². The number of hydrogen-bond donors (Lipinski definition) is 0. The van der Waals surface area contributed by atoms with Gasteiger partial charge >= 0.3 is 230 Å². The number of hydrogen-bond acceptors (Lipinski definition) is 2. The summed E-state index contributed by atoms with van der Waals surface area (Å²) in [6.45, 7) is 9.09. The van der Waals surface area contributed by atoms with Gasteiger partial charge in [-0.05, 0) is 0 Å². The predicted octanol–water partition coefficient (Wildman–Crippen LogP) is 1.10. The van der Waals surface area contributed by atoms with Gasteiger partial charge in [-0.15, -0.1) is 0 Å². The number of benzene rings is 4.